The van der Waals surface area contributed by atoms with Crippen LogP contribution in [0.5, 0.6) is 0 Å². The molecule has 0 radical (unpaired) electrons. The van der Waals surface area contributed by atoms with Crippen LogP contribution in [0.4, 0.5) is 38.0 Å². The van der Waals surface area contributed by atoms with Crippen LogP contribution in [0.2, 0.25) is 0 Å². The van der Waals surface area contributed by atoms with Crippen molar-refractivity contribution >= 4 is 93.0 Å². The number of nitro groups is 2. The van der Waals surface area contributed by atoms with E-state index in [2.05, 4.69) is 91.3 Å². The standard InChI is InChI=1S/C29H31N5O4.C24H23N5O2.C17H21N3O4.C12H10N2O3.C12H12N2O.C7H5NO3.C5H4BrN.C4H9.ClH.Li.Pd.H2/c1-19-14-25(27(36)32-23-11-6-9-21(16-23)26(35)22-10-7-13-30-18-22)34(33-19)24-12-5-8-20(15-24)17-31-28(37)38-29(2,3)4;1-16-11-22(29(28-16)21-9-2-5-17(12-21)14-25)24(31)27-20-8-3-6-18(13-20)23(30)19-7-4-10-26-15-19;1-11-8-14(15(21)22)20(19-11)13-7-5-6-12(9-13)10-18-16(23)24-17(2,3)4;15-12(10-4-2-6-13-8-10)9-3-1-5-11(7-9)14(16)17;13-11-5-1-3-9(7-11)12(15)10-4-2-6-14-8-10;9-5-6-2-1-3-7(4-6)8(10)11;6-5-2-1-3-7-4-5;1-3-4-2;;;;/h5-16,18,26,35H,17H2,1-4H3,(H,31,37)(H,32,36);2-13,15,23,30H,14,25H2,1H3,(H,27,31);5-9H,10H2,1-4H3,(H,18,23)(H,21,22);1-8,12,15H;1-8,12,15H,13H2;1-5H;1-4H;1,3-4H2,2H3;1H;;;1H/q;;;;;;;-1;;+1;;. The number of hydrogen-bond donors (Lipinski definition) is 11. The first kappa shape index (κ1) is 123. The Balaban J connectivity index is 0.000000321. The molecule has 0 aliphatic carbocycles. The fourth-order valence-electron chi connectivity index (χ4n) is 13.4. The number of benzene rings is 8. The molecule has 36 nitrogen and oxygen atoms in total. The molecule has 0 fully saturated rings. The number of ether oxygens (including phenoxy) is 2. The van der Waals surface area contributed by atoms with Gasteiger partial charge in [-0.15, -0.1) is 12.4 Å². The topological polar surface area (TPSA) is 526 Å². The monoisotopic (exact) mass is 2200 g/mol. The number of carbonyl (C=O) groups is 6. The van der Waals surface area contributed by atoms with Crippen LogP contribution >= 0.6 is 28.3 Å². The number of aromatic carboxylic acids is 1. The predicted octanol–water partition coefficient (Wildman–Crippen LogP) is 17.6. The molecule has 150 heavy (non-hydrogen) atoms. The molecule has 4 amide bonds. The molecule has 4 unspecified atom stereocenters. The van der Waals surface area contributed by atoms with Gasteiger partial charge in [0, 0.05) is 177 Å². The van der Waals surface area contributed by atoms with Gasteiger partial charge in [-0.05, 0) is 245 Å². The van der Waals surface area contributed by atoms with Crippen molar-refractivity contribution in [3.8, 4) is 17.1 Å². The van der Waals surface area contributed by atoms with Crippen molar-refractivity contribution in [1.82, 2.24) is 64.9 Å². The summed E-state index contributed by atoms with van der Waals surface area (Å²) in [5.41, 5.74) is 25.0. The van der Waals surface area contributed by atoms with Crippen LogP contribution in [-0.2, 0) is 49.5 Å². The zero-order valence-electron chi connectivity index (χ0n) is 84.1. The average Bonchev–Trinajstić information content (AvgIpc) is 1.67. The Morgan fingerprint density at radius 2 is 0.773 bits per heavy atom. The van der Waals surface area contributed by atoms with Crippen LogP contribution in [0, 0.1) is 47.9 Å². The van der Waals surface area contributed by atoms with Crippen LogP contribution in [-0.4, -0.2) is 137 Å². The molecule has 13 N–H and O–H groups in total. The average molecular weight is 2210 g/mol. The normalized spacial score (nSPS) is 11.2. The molecular formula is C110H118BrClLiN19O17Pd. The number of aliphatic hydroxyl groups is 4. The third-order valence-electron chi connectivity index (χ3n) is 20.3. The van der Waals surface area contributed by atoms with E-state index in [1.54, 1.807) is 259 Å². The molecule has 8 aromatic carbocycles. The minimum atomic E-state index is -1.05. The maximum absolute atomic E-state index is 13.3. The number of carbonyl (C=O) groups excluding carboxylic acids is 5. The first-order valence-electron chi connectivity index (χ1n) is 45.9. The number of pyridine rings is 5. The minimum Gasteiger partial charge on any atom is -0.477 e. The van der Waals surface area contributed by atoms with Crippen molar-refractivity contribution in [3.05, 3.63) is 468 Å². The van der Waals surface area contributed by atoms with Crippen LogP contribution < -0.4 is 51.6 Å². The van der Waals surface area contributed by atoms with Crippen LogP contribution in [0.25, 0.3) is 17.1 Å². The zero-order valence-corrected chi connectivity index (χ0v) is 88.0. The molecule has 0 aliphatic heterocycles. The Labute approximate surface area is 909 Å². The number of aromatic nitrogens is 11. The molecule has 16 rings (SSSR count). The number of unbranched alkanes of at least 4 members (excludes halogenated alkanes) is 1. The summed E-state index contributed by atoms with van der Waals surface area (Å²) in [5.74, 6) is -1.70. The number of nitrogens with one attached hydrogen (secondary N) is 4. The second-order valence-corrected chi connectivity index (χ2v) is 35.3. The summed E-state index contributed by atoms with van der Waals surface area (Å²) in [7, 11) is 0. The van der Waals surface area contributed by atoms with Gasteiger partial charge in [0.25, 0.3) is 23.2 Å². The number of rotatable bonds is 25. The van der Waals surface area contributed by atoms with Gasteiger partial charge in [0.15, 0.2) is 5.69 Å². The quantitative estimate of drug-likeness (QED) is 0.00632. The van der Waals surface area contributed by atoms with Crippen molar-refractivity contribution < 1.29 is 114 Å². The van der Waals surface area contributed by atoms with Crippen molar-refractivity contribution in [2.45, 2.75) is 137 Å². The number of nitro benzene ring substituents is 2. The van der Waals surface area contributed by atoms with Crippen molar-refractivity contribution in [2.75, 3.05) is 16.4 Å². The molecule has 780 valence electrons. The number of halogens is 2. The molecule has 0 saturated heterocycles. The van der Waals surface area contributed by atoms with E-state index in [0.29, 0.717) is 103 Å². The third-order valence-corrected chi connectivity index (χ3v) is 20.8. The zero-order chi connectivity index (χ0) is 107. The second-order valence-electron chi connectivity index (χ2n) is 34.4. The minimum absolute atomic E-state index is 0. The van der Waals surface area contributed by atoms with Gasteiger partial charge in [-0.3, -0.25) is 59.5 Å². The number of aliphatic hydroxyl groups excluding tert-OH is 4. The summed E-state index contributed by atoms with van der Waals surface area (Å²) in [5, 5.41) is 95.9. The number of alkyl carbamates (subject to hydrolysis) is 2. The summed E-state index contributed by atoms with van der Waals surface area (Å²) in [6.45, 7) is 22.8. The Morgan fingerprint density at radius 3 is 1.10 bits per heavy atom. The van der Waals surface area contributed by atoms with Gasteiger partial charge in [0.05, 0.1) is 44.0 Å². The van der Waals surface area contributed by atoms with Gasteiger partial charge in [0.1, 0.15) is 53.3 Å². The van der Waals surface area contributed by atoms with Gasteiger partial charge < -0.3 is 74.7 Å². The number of aryl methyl sites for hydroxylation is 3. The Bertz CT molecular complexity index is 7030. The Morgan fingerprint density at radius 1 is 0.453 bits per heavy atom. The number of nitrogens with zero attached hydrogens (tertiary/aromatic N) is 13. The first-order chi connectivity index (χ1) is 70.3. The number of carboxylic acids is 1. The number of anilines is 3. The number of nitrogen functional groups attached to an aromatic ring is 1. The van der Waals surface area contributed by atoms with Crippen molar-refractivity contribution in [2.24, 2.45) is 5.73 Å². The van der Waals surface area contributed by atoms with Gasteiger partial charge in [-0.1, -0.05) is 135 Å². The molecule has 0 bridgehead atoms. The molecule has 4 atom stereocenters. The number of carboxylic acid groups (broad SMARTS) is 1. The summed E-state index contributed by atoms with van der Waals surface area (Å²) >= 11 is 3.25. The van der Waals surface area contributed by atoms with Gasteiger partial charge >= 0.3 is 37.0 Å². The Kier molecular flexibility index (Phi) is 50.6. The van der Waals surface area contributed by atoms with E-state index in [1.807, 2.05) is 98.8 Å². The Hall–Kier alpha value is -15.8. The summed E-state index contributed by atoms with van der Waals surface area (Å²) in [6.07, 6.45) is 15.0. The number of non-ortho nitro benzene ring substituents is 2. The van der Waals surface area contributed by atoms with E-state index < -0.39 is 63.6 Å². The number of amides is 4. The first-order valence-corrected chi connectivity index (χ1v) is 46.7. The smallest absolute Gasteiger partial charge is 0.477 e. The van der Waals surface area contributed by atoms with Gasteiger partial charge in [0.2, 0.25) is 0 Å². The van der Waals surface area contributed by atoms with Gasteiger partial charge in [-0.25, -0.2) is 28.4 Å². The van der Waals surface area contributed by atoms with E-state index in [9.17, 15) is 74.5 Å². The van der Waals surface area contributed by atoms with Gasteiger partial charge in [-0.2, -0.15) is 21.7 Å². The van der Waals surface area contributed by atoms with Crippen LogP contribution in [0.15, 0.2) is 339 Å². The van der Waals surface area contributed by atoms with E-state index >= 15 is 0 Å². The molecule has 16 aromatic rings. The molecule has 8 aromatic heterocycles. The predicted molar refractivity (Wildman–Crippen MR) is 572 cm³/mol. The maximum atomic E-state index is 13.3. The molecule has 0 spiro atoms. The van der Waals surface area contributed by atoms with Crippen molar-refractivity contribution in [3.63, 3.8) is 0 Å². The van der Waals surface area contributed by atoms with Crippen LogP contribution in [0.3, 0.4) is 0 Å². The largest absolute Gasteiger partial charge is 1.00 e. The van der Waals surface area contributed by atoms with E-state index in [-0.39, 0.29) is 95.1 Å². The molecule has 0 saturated carbocycles. The fraction of sp³-hybridized carbons (Fsp3) is 0.191. The number of hydrogen-bond acceptors (Lipinski definition) is 26. The molecule has 8 heterocycles. The summed E-state index contributed by atoms with van der Waals surface area (Å²) < 4.78 is 16.0. The number of aldehydes is 1. The summed E-state index contributed by atoms with van der Waals surface area (Å²) in [4.78, 5) is 111. The molecular weight excluding hydrogens is 2090 g/mol. The second kappa shape index (κ2) is 61.7. The maximum Gasteiger partial charge on any atom is 1.00 e. The van der Waals surface area contributed by atoms with E-state index in [1.165, 1.54) is 59.8 Å². The van der Waals surface area contributed by atoms with E-state index in [4.69, 9.17) is 20.9 Å². The van der Waals surface area contributed by atoms with Crippen LogP contribution in [0.1, 0.15) is 207 Å². The SMILES string of the molecule is Brc1cccnc1.Cc1cc(C(=O)Nc2cccc(C(O)c3cccnc3)c2)n(-c2cccc(CN)c2)n1.Cc1cc(C(=O)Nc2cccc(C(O)c3cccnc3)c2)n(-c2cccc(CNC(=O)OC(C)(C)C)c2)n1.Cc1cc(C(=O)O)n(-c2cccc(CNC(=O)OC(C)(C)C)c2)n1.Cl.Nc1cccc(C(O)c2cccnc2)c1.O=Cc1cccc([N+](=O)[O-])c1.O=[N+]([O-])c1cccc(C(O)c2cccnc2)c1.[CH2-]CCC.[HH].[Li+].[Pd]. The van der Waals surface area contributed by atoms with E-state index in [0.717, 1.165) is 50.1 Å². The van der Waals surface area contributed by atoms with Crippen molar-refractivity contribution in [1.29, 1.82) is 0 Å². The molecule has 40 heteroatoms. The fourth-order valence-corrected chi connectivity index (χ4v) is 13.7. The summed E-state index contributed by atoms with van der Waals surface area (Å²) in [6, 6.07) is 78.0. The number of nitrogens with two attached hydrogens (primary N) is 2. The molecule has 0 aliphatic rings. The third kappa shape index (κ3) is 40.4.